The molecule has 150 valence electrons. The zero-order valence-electron chi connectivity index (χ0n) is 15.7. The summed E-state index contributed by atoms with van der Waals surface area (Å²) in [6.07, 6.45) is 1.89. The van der Waals surface area contributed by atoms with Crippen molar-refractivity contribution in [2.45, 2.75) is 18.9 Å². The van der Waals surface area contributed by atoms with Crippen LogP contribution in [0.4, 0.5) is 4.39 Å². The van der Waals surface area contributed by atoms with Gasteiger partial charge in [0.2, 0.25) is 5.91 Å². The van der Waals surface area contributed by atoms with Crippen molar-refractivity contribution in [3.05, 3.63) is 65.7 Å². The molecule has 2 aromatic heterocycles. The molecule has 0 saturated carbocycles. The Morgan fingerprint density at radius 1 is 1.34 bits per heavy atom. The van der Waals surface area contributed by atoms with Gasteiger partial charge in [-0.3, -0.25) is 9.59 Å². The summed E-state index contributed by atoms with van der Waals surface area (Å²) in [6.45, 7) is 1.67. The van der Waals surface area contributed by atoms with E-state index in [2.05, 4.69) is 10.6 Å². The van der Waals surface area contributed by atoms with Gasteiger partial charge in [0.15, 0.2) is 11.6 Å². The number of rotatable bonds is 5. The van der Waals surface area contributed by atoms with Gasteiger partial charge in [0.1, 0.15) is 17.0 Å². The molecular formula is C21H20FN3O4. The smallest absolute Gasteiger partial charge is 0.269 e. The number of aromatic nitrogens is 1. The molecule has 0 aliphatic carbocycles. The first kappa shape index (κ1) is 18.9. The van der Waals surface area contributed by atoms with Gasteiger partial charge in [-0.1, -0.05) is 12.1 Å². The van der Waals surface area contributed by atoms with Crippen molar-refractivity contribution in [1.29, 1.82) is 0 Å². The molecule has 29 heavy (non-hydrogen) atoms. The van der Waals surface area contributed by atoms with Crippen LogP contribution in [0.3, 0.4) is 0 Å². The molecule has 0 radical (unpaired) electrons. The Kier molecular flexibility index (Phi) is 4.71. The number of benzene rings is 1. The summed E-state index contributed by atoms with van der Waals surface area (Å²) in [7, 11) is 0. The van der Waals surface area contributed by atoms with Gasteiger partial charge in [-0.25, -0.2) is 4.39 Å². The first-order valence-electron chi connectivity index (χ1n) is 9.19. The lowest BCUT2D eigenvalue weighted by Crippen LogP contribution is -2.56. The van der Waals surface area contributed by atoms with Crippen molar-refractivity contribution >= 4 is 17.3 Å². The maximum absolute atomic E-state index is 13.9. The molecule has 3 N–H and O–H groups in total. The second kappa shape index (κ2) is 7.21. The fourth-order valence-corrected chi connectivity index (χ4v) is 3.55. The quantitative estimate of drug-likeness (QED) is 0.615. The van der Waals surface area contributed by atoms with Gasteiger partial charge in [-0.2, -0.15) is 0 Å². The fraction of sp³-hybridized carbons (Fsp3) is 0.238. The highest BCUT2D eigenvalue weighted by Gasteiger charge is 2.43. The Morgan fingerprint density at radius 2 is 2.14 bits per heavy atom. The summed E-state index contributed by atoms with van der Waals surface area (Å²) in [5, 5.41) is 15.0. The van der Waals surface area contributed by atoms with Crippen molar-refractivity contribution in [1.82, 2.24) is 15.0 Å². The first-order valence-corrected chi connectivity index (χ1v) is 9.19. The van der Waals surface area contributed by atoms with Crippen LogP contribution in [0, 0.1) is 12.7 Å². The average molecular weight is 397 g/mol. The van der Waals surface area contributed by atoms with Gasteiger partial charge >= 0.3 is 0 Å². The molecule has 2 amide bonds. The molecule has 1 aliphatic rings. The number of hydrogen-bond donors (Lipinski definition) is 3. The summed E-state index contributed by atoms with van der Waals surface area (Å²) < 4.78 is 21.1. The monoisotopic (exact) mass is 397 g/mol. The summed E-state index contributed by atoms with van der Waals surface area (Å²) in [6, 6.07) is 11.3. The number of ether oxygens (including phenoxy) is 1. The van der Waals surface area contributed by atoms with E-state index in [0.717, 1.165) is 5.52 Å². The molecular weight excluding hydrogens is 377 g/mol. The van der Waals surface area contributed by atoms with E-state index in [0.29, 0.717) is 30.0 Å². The number of carbonyl (C=O) groups excluding carboxylic acids is 2. The molecule has 0 spiro atoms. The summed E-state index contributed by atoms with van der Waals surface area (Å²) in [5.74, 6) is -0.968. The largest absolute Gasteiger partial charge is 0.453 e. The highest BCUT2D eigenvalue weighted by atomic mass is 19.1. The zero-order chi connectivity index (χ0) is 20.6. The molecule has 3 aromatic rings. The third-order valence-electron chi connectivity index (χ3n) is 5.11. The molecule has 3 heterocycles. The van der Waals surface area contributed by atoms with E-state index in [9.17, 15) is 19.1 Å². The number of aliphatic hydroxyl groups is 1. The van der Waals surface area contributed by atoms with Crippen molar-refractivity contribution in [3.63, 3.8) is 0 Å². The van der Waals surface area contributed by atoms with Crippen LogP contribution in [-0.2, 0) is 4.79 Å². The summed E-state index contributed by atoms with van der Waals surface area (Å²) in [4.78, 5) is 25.1. The molecule has 1 aliphatic heterocycles. The predicted octanol–water partition coefficient (Wildman–Crippen LogP) is 2.16. The van der Waals surface area contributed by atoms with Crippen LogP contribution >= 0.6 is 0 Å². The lowest BCUT2D eigenvalue weighted by atomic mass is 9.98. The summed E-state index contributed by atoms with van der Waals surface area (Å²) in [5.41, 5.74) is 0.403. The van der Waals surface area contributed by atoms with E-state index in [1.807, 2.05) is 6.07 Å². The van der Waals surface area contributed by atoms with Crippen LogP contribution in [-0.4, -0.2) is 40.0 Å². The van der Waals surface area contributed by atoms with E-state index >= 15 is 0 Å². The van der Waals surface area contributed by atoms with Crippen molar-refractivity contribution in [3.8, 4) is 11.5 Å². The Morgan fingerprint density at radius 3 is 2.83 bits per heavy atom. The SMILES string of the molecule is Cc1cc2ccc(Oc3ccccc3F)cn2c1C(=O)NC1(CO)CCNC1=O. The van der Waals surface area contributed by atoms with Crippen molar-refractivity contribution in [2.75, 3.05) is 13.2 Å². The molecule has 8 heteroatoms. The average Bonchev–Trinajstić information content (AvgIpc) is 3.22. The van der Waals surface area contributed by atoms with E-state index in [1.54, 1.807) is 41.8 Å². The minimum absolute atomic E-state index is 0.0728. The molecule has 4 rings (SSSR count). The van der Waals surface area contributed by atoms with Crippen LogP contribution in [0.5, 0.6) is 11.5 Å². The minimum Gasteiger partial charge on any atom is -0.453 e. The van der Waals surface area contributed by atoms with E-state index in [1.165, 1.54) is 12.1 Å². The topological polar surface area (TPSA) is 92.1 Å². The standard InChI is InChI=1S/C21H20FN3O4/c1-13-10-14-6-7-15(29-17-5-3-2-4-16(17)22)11-25(14)18(13)19(27)24-21(12-26)8-9-23-20(21)28/h2-7,10-11,26H,8-9,12H2,1H3,(H,23,28)(H,24,27). The molecule has 7 nitrogen and oxygen atoms in total. The third-order valence-corrected chi connectivity index (χ3v) is 5.11. The molecule has 1 aromatic carbocycles. The van der Waals surface area contributed by atoms with Gasteiger partial charge in [0, 0.05) is 12.1 Å². The lowest BCUT2D eigenvalue weighted by Gasteiger charge is -2.25. The molecule has 1 fully saturated rings. The maximum atomic E-state index is 13.9. The number of carbonyl (C=O) groups is 2. The number of amides is 2. The van der Waals surface area contributed by atoms with E-state index < -0.39 is 29.8 Å². The summed E-state index contributed by atoms with van der Waals surface area (Å²) >= 11 is 0. The second-order valence-electron chi connectivity index (χ2n) is 7.07. The molecule has 1 unspecified atom stereocenters. The fourth-order valence-electron chi connectivity index (χ4n) is 3.55. The van der Waals surface area contributed by atoms with E-state index in [4.69, 9.17) is 4.74 Å². The number of nitrogens with zero attached hydrogens (tertiary/aromatic N) is 1. The van der Waals surface area contributed by atoms with Gasteiger partial charge in [-0.05, 0) is 49.2 Å². The predicted molar refractivity (Wildman–Crippen MR) is 104 cm³/mol. The normalized spacial score (nSPS) is 18.7. The van der Waals surface area contributed by atoms with Crippen LogP contribution in [0.25, 0.3) is 5.52 Å². The number of halogens is 1. The van der Waals surface area contributed by atoms with Gasteiger partial charge in [-0.15, -0.1) is 0 Å². The van der Waals surface area contributed by atoms with E-state index in [-0.39, 0.29) is 5.75 Å². The van der Waals surface area contributed by atoms with Crippen LogP contribution in [0.1, 0.15) is 22.5 Å². The van der Waals surface area contributed by atoms with Crippen molar-refractivity contribution in [2.24, 2.45) is 0 Å². The second-order valence-corrected chi connectivity index (χ2v) is 7.07. The number of nitrogens with one attached hydrogen (secondary N) is 2. The van der Waals surface area contributed by atoms with Gasteiger partial charge in [0.25, 0.3) is 5.91 Å². The molecule has 1 saturated heterocycles. The number of aryl methyl sites for hydroxylation is 1. The zero-order valence-corrected chi connectivity index (χ0v) is 15.7. The maximum Gasteiger partial charge on any atom is 0.269 e. The Labute approximate surface area is 166 Å². The van der Waals surface area contributed by atoms with Crippen LogP contribution in [0.15, 0.2) is 48.7 Å². The van der Waals surface area contributed by atoms with Crippen LogP contribution < -0.4 is 15.4 Å². The van der Waals surface area contributed by atoms with Gasteiger partial charge in [0.05, 0.1) is 12.8 Å². The van der Waals surface area contributed by atoms with Crippen LogP contribution in [0.2, 0.25) is 0 Å². The molecule has 1 atom stereocenters. The highest BCUT2D eigenvalue weighted by molar-refractivity contribution is 6.01. The Hall–Kier alpha value is -3.39. The Bertz CT molecular complexity index is 1110. The number of aliphatic hydroxyl groups excluding tert-OH is 1. The number of para-hydroxylation sites is 1. The minimum atomic E-state index is -1.34. The molecule has 0 bridgehead atoms. The third kappa shape index (κ3) is 3.31. The first-order chi connectivity index (χ1) is 13.9. The lowest BCUT2D eigenvalue weighted by molar-refractivity contribution is -0.125. The number of hydrogen-bond acceptors (Lipinski definition) is 4. The highest BCUT2D eigenvalue weighted by Crippen LogP contribution is 2.27. The van der Waals surface area contributed by atoms with Gasteiger partial charge < -0.3 is 24.9 Å². The van der Waals surface area contributed by atoms with Crippen molar-refractivity contribution < 1.29 is 23.8 Å². The number of fused-ring (bicyclic) bond motifs is 1. The Balaban J connectivity index is 1.69. The number of pyridine rings is 1.